The van der Waals surface area contributed by atoms with Crippen molar-refractivity contribution in [1.29, 1.82) is 0 Å². The summed E-state index contributed by atoms with van der Waals surface area (Å²) >= 11 is 0. The number of phenols is 1. The van der Waals surface area contributed by atoms with E-state index in [-0.39, 0.29) is 11.8 Å². The molecule has 1 fully saturated rings. The second-order valence-electron chi connectivity index (χ2n) is 6.92. The summed E-state index contributed by atoms with van der Waals surface area (Å²) in [5.74, 6) is 1.02. The van der Waals surface area contributed by atoms with E-state index in [1.165, 1.54) is 14.2 Å². The molecule has 0 unspecified atom stereocenters. The van der Waals surface area contributed by atoms with Crippen molar-refractivity contribution >= 4 is 0 Å². The van der Waals surface area contributed by atoms with Gasteiger partial charge in [0, 0.05) is 11.5 Å². The SMILES string of the molecule is COC1=C2[C@@H]3Cc4cc(OC)c(O)cc4[C@]2(CCN3)C[C@H](O)[C@@H]1O. The van der Waals surface area contributed by atoms with Crippen molar-refractivity contribution in [2.75, 3.05) is 20.8 Å². The molecule has 4 N–H and O–H groups in total. The van der Waals surface area contributed by atoms with Gasteiger partial charge in [0.25, 0.3) is 0 Å². The lowest BCUT2D eigenvalue weighted by Gasteiger charge is -2.53. The summed E-state index contributed by atoms with van der Waals surface area (Å²) < 4.78 is 10.8. The number of benzene rings is 1. The quantitative estimate of drug-likeness (QED) is 0.633. The fraction of sp³-hybridized carbons (Fsp3) is 0.556. The largest absolute Gasteiger partial charge is 0.504 e. The van der Waals surface area contributed by atoms with Crippen molar-refractivity contribution < 1.29 is 24.8 Å². The Balaban J connectivity index is 1.99. The summed E-state index contributed by atoms with van der Waals surface area (Å²) in [7, 11) is 3.07. The number of hydrogen-bond acceptors (Lipinski definition) is 6. The second-order valence-corrected chi connectivity index (χ2v) is 6.92. The number of methoxy groups -OCH3 is 2. The molecule has 24 heavy (non-hydrogen) atoms. The van der Waals surface area contributed by atoms with Crippen LogP contribution in [0.4, 0.5) is 0 Å². The van der Waals surface area contributed by atoms with Crippen LogP contribution in [0.5, 0.6) is 11.5 Å². The number of aliphatic hydroxyl groups excluding tert-OH is 2. The maximum Gasteiger partial charge on any atom is 0.160 e. The van der Waals surface area contributed by atoms with Gasteiger partial charge in [-0.2, -0.15) is 0 Å². The van der Waals surface area contributed by atoms with E-state index in [1.54, 1.807) is 6.07 Å². The van der Waals surface area contributed by atoms with Gasteiger partial charge in [0.15, 0.2) is 11.5 Å². The molecule has 2 aliphatic carbocycles. The van der Waals surface area contributed by atoms with E-state index >= 15 is 0 Å². The van der Waals surface area contributed by atoms with Gasteiger partial charge in [-0.3, -0.25) is 0 Å². The van der Waals surface area contributed by atoms with Crippen molar-refractivity contribution in [3.8, 4) is 11.5 Å². The highest BCUT2D eigenvalue weighted by Gasteiger charge is 2.54. The van der Waals surface area contributed by atoms with Gasteiger partial charge in [-0.1, -0.05) is 0 Å². The van der Waals surface area contributed by atoms with Gasteiger partial charge < -0.3 is 30.1 Å². The molecular weight excluding hydrogens is 310 g/mol. The van der Waals surface area contributed by atoms with Crippen molar-refractivity contribution in [1.82, 2.24) is 5.32 Å². The lowest BCUT2D eigenvalue weighted by Crippen LogP contribution is -2.59. The Kier molecular flexibility index (Phi) is 3.53. The number of aromatic hydroxyl groups is 1. The van der Waals surface area contributed by atoms with E-state index in [0.717, 1.165) is 36.1 Å². The Labute approximate surface area is 140 Å². The lowest BCUT2D eigenvalue weighted by atomic mass is 9.56. The third kappa shape index (κ3) is 1.93. The summed E-state index contributed by atoms with van der Waals surface area (Å²) in [4.78, 5) is 0. The molecule has 0 radical (unpaired) electrons. The number of piperidine rings is 1. The van der Waals surface area contributed by atoms with Crippen LogP contribution in [0, 0.1) is 0 Å². The van der Waals surface area contributed by atoms with Crippen LogP contribution in [0.3, 0.4) is 0 Å². The minimum Gasteiger partial charge on any atom is -0.504 e. The Morgan fingerprint density at radius 1 is 1.21 bits per heavy atom. The first-order chi connectivity index (χ1) is 11.5. The van der Waals surface area contributed by atoms with Crippen LogP contribution in [0.15, 0.2) is 23.5 Å². The van der Waals surface area contributed by atoms with E-state index in [4.69, 9.17) is 9.47 Å². The summed E-state index contributed by atoms with van der Waals surface area (Å²) in [5.41, 5.74) is 2.71. The monoisotopic (exact) mass is 333 g/mol. The Morgan fingerprint density at radius 3 is 2.71 bits per heavy atom. The van der Waals surface area contributed by atoms with Crippen LogP contribution in [0.25, 0.3) is 0 Å². The van der Waals surface area contributed by atoms with Crippen molar-refractivity contribution in [2.24, 2.45) is 0 Å². The van der Waals surface area contributed by atoms with Crippen molar-refractivity contribution in [2.45, 2.75) is 42.9 Å². The third-order valence-corrected chi connectivity index (χ3v) is 5.83. The maximum absolute atomic E-state index is 10.4. The maximum atomic E-state index is 10.4. The molecule has 1 heterocycles. The van der Waals surface area contributed by atoms with E-state index in [2.05, 4.69) is 5.32 Å². The zero-order valence-corrected chi connectivity index (χ0v) is 13.9. The van der Waals surface area contributed by atoms with Gasteiger partial charge in [-0.05, 0) is 54.6 Å². The van der Waals surface area contributed by atoms with E-state index in [1.807, 2.05) is 6.07 Å². The molecule has 1 aliphatic heterocycles. The highest BCUT2D eigenvalue weighted by atomic mass is 16.5. The van der Waals surface area contributed by atoms with E-state index in [0.29, 0.717) is 17.9 Å². The van der Waals surface area contributed by atoms with Crippen LogP contribution in [0.2, 0.25) is 0 Å². The number of phenolic OH excluding ortho intramolecular Hbond substituents is 1. The highest BCUT2D eigenvalue weighted by molar-refractivity contribution is 5.58. The Morgan fingerprint density at radius 2 is 2.00 bits per heavy atom. The van der Waals surface area contributed by atoms with Gasteiger partial charge in [0.2, 0.25) is 0 Å². The summed E-state index contributed by atoms with van der Waals surface area (Å²) in [6.07, 6.45) is 0.0480. The number of rotatable bonds is 2. The molecule has 2 bridgehead atoms. The number of aliphatic hydroxyl groups is 2. The summed E-state index contributed by atoms with van der Waals surface area (Å²) in [5, 5.41) is 34.6. The molecule has 130 valence electrons. The van der Waals surface area contributed by atoms with Crippen LogP contribution < -0.4 is 10.1 Å². The molecule has 4 rings (SSSR count). The predicted molar refractivity (Wildman–Crippen MR) is 87.1 cm³/mol. The standard InChI is InChI=1S/C18H23NO5/c1-23-14-6-9-5-11-15-17(24-2)16(22)13(21)8-18(15,3-4-19-11)10(9)7-12(14)20/h6-7,11,13,16,19-22H,3-5,8H2,1-2H3/t11-,13-,16-,18-/m0/s1. The van der Waals surface area contributed by atoms with Crippen LogP contribution in [-0.4, -0.2) is 54.3 Å². The number of hydrogen-bond donors (Lipinski definition) is 4. The molecule has 0 amide bonds. The molecular formula is C18H23NO5. The molecule has 1 aromatic rings. The van der Waals surface area contributed by atoms with Gasteiger partial charge in [0.05, 0.1) is 20.3 Å². The third-order valence-electron chi connectivity index (χ3n) is 5.83. The van der Waals surface area contributed by atoms with E-state index < -0.39 is 17.6 Å². The highest BCUT2D eigenvalue weighted by Crippen LogP contribution is 2.54. The first kappa shape index (κ1) is 15.7. The molecule has 6 heteroatoms. The first-order valence-corrected chi connectivity index (χ1v) is 8.30. The lowest BCUT2D eigenvalue weighted by molar-refractivity contribution is -0.0257. The molecule has 1 aromatic carbocycles. The van der Waals surface area contributed by atoms with Gasteiger partial charge in [0.1, 0.15) is 11.9 Å². The zero-order chi connectivity index (χ0) is 17.1. The van der Waals surface area contributed by atoms with Crippen LogP contribution in [-0.2, 0) is 16.6 Å². The minimum atomic E-state index is -1.01. The van der Waals surface area contributed by atoms with Crippen LogP contribution >= 0.6 is 0 Å². The predicted octanol–water partition coefficient (Wildman–Crippen LogP) is 0.583. The average molecular weight is 333 g/mol. The zero-order valence-electron chi connectivity index (χ0n) is 13.9. The average Bonchev–Trinajstić information content (AvgIpc) is 2.56. The Hall–Kier alpha value is -1.76. The van der Waals surface area contributed by atoms with Gasteiger partial charge in [-0.15, -0.1) is 0 Å². The first-order valence-electron chi connectivity index (χ1n) is 8.30. The van der Waals surface area contributed by atoms with Gasteiger partial charge in [-0.25, -0.2) is 0 Å². The molecule has 3 aliphatic rings. The Bertz CT molecular complexity index is 716. The number of nitrogens with one attached hydrogen (secondary N) is 1. The molecule has 1 saturated heterocycles. The topological polar surface area (TPSA) is 91.2 Å². The second kappa shape index (κ2) is 5.37. The summed E-state index contributed by atoms with van der Waals surface area (Å²) in [6.45, 7) is 0.820. The normalized spacial score (nSPS) is 34.4. The summed E-state index contributed by atoms with van der Waals surface area (Å²) in [6, 6.07) is 3.69. The molecule has 0 saturated carbocycles. The minimum absolute atomic E-state index is 0.0533. The van der Waals surface area contributed by atoms with Crippen molar-refractivity contribution in [3.05, 3.63) is 34.6 Å². The van der Waals surface area contributed by atoms with E-state index in [9.17, 15) is 15.3 Å². The fourth-order valence-electron chi connectivity index (χ4n) is 4.86. The fourth-order valence-corrected chi connectivity index (χ4v) is 4.86. The smallest absolute Gasteiger partial charge is 0.160 e. The molecule has 0 spiro atoms. The van der Waals surface area contributed by atoms with Crippen molar-refractivity contribution in [3.63, 3.8) is 0 Å². The number of fused-ring (bicyclic) bond motifs is 1. The molecule has 6 nitrogen and oxygen atoms in total. The molecule has 0 aromatic heterocycles. The van der Waals surface area contributed by atoms with Gasteiger partial charge >= 0.3 is 0 Å². The number of ether oxygens (including phenoxy) is 2. The van der Waals surface area contributed by atoms with Crippen LogP contribution in [0.1, 0.15) is 24.0 Å². The molecule has 4 atom stereocenters.